The lowest BCUT2D eigenvalue weighted by atomic mass is 10.0. The van der Waals surface area contributed by atoms with Gasteiger partial charge in [0.05, 0.1) is 36.2 Å². The van der Waals surface area contributed by atoms with Crippen molar-refractivity contribution >= 4 is 36.5 Å². The van der Waals surface area contributed by atoms with Crippen molar-refractivity contribution in [2.75, 3.05) is 81.9 Å². The number of piperidine rings is 1. The van der Waals surface area contributed by atoms with Crippen molar-refractivity contribution in [3.8, 4) is 6.01 Å². The molecule has 3 aliphatic heterocycles. The molecule has 0 radical (unpaired) electrons. The van der Waals surface area contributed by atoms with E-state index in [-0.39, 0.29) is 12.5 Å². The minimum Gasteiger partial charge on any atom is -0.462 e. The van der Waals surface area contributed by atoms with Crippen LogP contribution >= 0.6 is 0 Å². The Bertz CT molecular complexity index is 1850. The standard InChI is InChI=1S/C41H58N8O4Si/c1-32-13-14-37-35(27-42-49(37)31-51-25-26-54(2,3)4)39(32)48-18-15-34-36(28-48)43-41(52-24-23-45-16-9-6-10-17-45)44-40(34)47-21-19-46(20-22-47)29-38(50)53-30-33-11-7-5-8-12-33/h5,7-8,11-14,27H,6,9-10,15-26,28-31H2,1-4H3. The van der Waals surface area contributed by atoms with Crippen molar-refractivity contribution in [1.29, 1.82) is 0 Å². The SMILES string of the molecule is Cc1ccc2c(cnn2COCC[Si](C)(C)C)c1N1CCc2c(nc(OCCN3CCCCC3)nc2N2CCN(CC(=O)OCc3ccccc3)CC2)C1. The molecule has 0 spiro atoms. The Kier molecular flexibility index (Phi) is 12.5. The van der Waals surface area contributed by atoms with Crippen molar-refractivity contribution < 1.29 is 19.0 Å². The molecule has 13 heteroatoms. The number of fused-ring (bicyclic) bond motifs is 2. The predicted octanol–water partition coefficient (Wildman–Crippen LogP) is 5.74. The first kappa shape index (κ1) is 38.2. The van der Waals surface area contributed by atoms with E-state index in [0.29, 0.717) is 32.5 Å². The highest BCUT2D eigenvalue weighted by Crippen LogP contribution is 2.36. The van der Waals surface area contributed by atoms with Gasteiger partial charge in [0.15, 0.2) is 0 Å². The van der Waals surface area contributed by atoms with Crippen LogP contribution in [-0.2, 0) is 40.6 Å². The maximum absolute atomic E-state index is 12.7. The fraction of sp³-hybridized carbons (Fsp3) is 0.561. The molecule has 3 aliphatic rings. The average molecular weight is 755 g/mol. The third-order valence-electron chi connectivity index (χ3n) is 10.9. The van der Waals surface area contributed by atoms with Gasteiger partial charge in [-0.25, -0.2) is 4.68 Å². The number of rotatable bonds is 15. The first-order valence-corrected chi connectivity index (χ1v) is 23.6. The minimum absolute atomic E-state index is 0.193. The van der Waals surface area contributed by atoms with Crippen LogP contribution in [0.2, 0.25) is 25.7 Å². The molecule has 0 N–H and O–H groups in total. The summed E-state index contributed by atoms with van der Waals surface area (Å²) in [4.78, 5) is 32.3. The molecular weight excluding hydrogens is 697 g/mol. The normalized spacial score (nSPS) is 17.2. The van der Waals surface area contributed by atoms with Crippen molar-refractivity contribution in [1.82, 2.24) is 29.5 Å². The molecule has 4 aromatic rings. The molecule has 12 nitrogen and oxygen atoms in total. The molecule has 5 heterocycles. The predicted molar refractivity (Wildman–Crippen MR) is 216 cm³/mol. The van der Waals surface area contributed by atoms with Gasteiger partial charge in [-0.2, -0.15) is 15.1 Å². The molecule has 0 unspecified atom stereocenters. The second kappa shape index (κ2) is 17.6. The van der Waals surface area contributed by atoms with Crippen LogP contribution in [0.1, 0.15) is 41.6 Å². The third-order valence-corrected chi connectivity index (χ3v) is 12.6. The number of carbonyl (C=O) groups is 1. The van der Waals surface area contributed by atoms with Gasteiger partial charge in [0, 0.05) is 64.9 Å². The molecule has 0 amide bonds. The smallest absolute Gasteiger partial charge is 0.320 e. The summed E-state index contributed by atoms with van der Waals surface area (Å²) < 4.78 is 20.0. The summed E-state index contributed by atoms with van der Waals surface area (Å²) in [5, 5.41) is 5.90. The summed E-state index contributed by atoms with van der Waals surface area (Å²) in [5.74, 6) is 0.777. The van der Waals surface area contributed by atoms with Gasteiger partial charge >= 0.3 is 12.0 Å². The number of piperazine rings is 1. The van der Waals surface area contributed by atoms with Crippen molar-refractivity contribution in [3.05, 3.63) is 71.0 Å². The summed E-state index contributed by atoms with van der Waals surface area (Å²) in [7, 11) is -1.16. The zero-order valence-electron chi connectivity index (χ0n) is 32.8. The molecule has 0 saturated carbocycles. The topological polar surface area (TPSA) is 101 Å². The van der Waals surface area contributed by atoms with Crippen molar-refractivity contribution in [3.63, 3.8) is 0 Å². The molecule has 290 valence electrons. The van der Waals surface area contributed by atoms with E-state index in [4.69, 9.17) is 29.3 Å². The second-order valence-electron chi connectivity index (χ2n) is 16.2. The zero-order valence-corrected chi connectivity index (χ0v) is 33.8. The molecule has 2 fully saturated rings. The van der Waals surface area contributed by atoms with Gasteiger partial charge in [0.1, 0.15) is 25.8 Å². The van der Waals surface area contributed by atoms with Gasteiger partial charge in [-0.05, 0) is 62.5 Å². The molecule has 2 aromatic heterocycles. The third kappa shape index (κ3) is 9.78. The largest absolute Gasteiger partial charge is 0.462 e. The van der Waals surface area contributed by atoms with Gasteiger partial charge < -0.3 is 24.0 Å². The number of nitrogens with zero attached hydrogens (tertiary/aromatic N) is 8. The van der Waals surface area contributed by atoms with Crippen LogP contribution < -0.4 is 14.5 Å². The second-order valence-corrected chi connectivity index (χ2v) is 21.9. The highest BCUT2D eigenvalue weighted by molar-refractivity contribution is 6.76. The van der Waals surface area contributed by atoms with E-state index in [1.165, 1.54) is 36.1 Å². The van der Waals surface area contributed by atoms with Crippen LogP contribution in [0.3, 0.4) is 0 Å². The Hall–Kier alpha value is -4.04. The lowest BCUT2D eigenvalue weighted by Crippen LogP contribution is -2.49. The average Bonchev–Trinajstić information content (AvgIpc) is 3.58. The van der Waals surface area contributed by atoms with Gasteiger partial charge in [0.2, 0.25) is 0 Å². The number of esters is 1. The van der Waals surface area contributed by atoms with Crippen molar-refractivity contribution in [2.24, 2.45) is 0 Å². The van der Waals surface area contributed by atoms with E-state index in [0.717, 1.165) is 99.4 Å². The number of benzene rings is 2. The highest BCUT2D eigenvalue weighted by Gasteiger charge is 2.30. The highest BCUT2D eigenvalue weighted by atomic mass is 28.3. The summed E-state index contributed by atoms with van der Waals surface area (Å²) >= 11 is 0. The Morgan fingerprint density at radius 3 is 2.43 bits per heavy atom. The molecule has 7 rings (SSSR count). The van der Waals surface area contributed by atoms with Gasteiger partial charge in [-0.1, -0.05) is 62.5 Å². The van der Waals surface area contributed by atoms with Crippen LogP contribution in [0, 0.1) is 6.92 Å². The first-order valence-electron chi connectivity index (χ1n) is 19.9. The summed E-state index contributed by atoms with van der Waals surface area (Å²) in [6, 6.07) is 15.8. The molecule has 2 aromatic carbocycles. The number of aromatic nitrogens is 4. The van der Waals surface area contributed by atoms with Gasteiger partial charge in [-0.3, -0.25) is 14.6 Å². The lowest BCUT2D eigenvalue weighted by molar-refractivity contribution is -0.146. The monoisotopic (exact) mass is 754 g/mol. The fourth-order valence-electron chi connectivity index (χ4n) is 7.74. The molecule has 0 bridgehead atoms. The molecule has 2 saturated heterocycles. The summed E-state index contributed by atoms with van der Waals surface area (Å²) in [5.41, 5.74) is 6.71. The number of likely N-dealkylation sites (tertiary alicyclic amines) is 1. The van der Waals surface area contributed by atoms with Gasteiger partial charge in [0.25, 0.3) is 0 Å². The van der Waals surface area contributed by atoms with E-state index in [2.05, 4.69) is 58.3 Å². The maximum atomic E-state index is 12.7. The Morgan fingerprint density at radius 2 is 1.65 bits per heavy atom. The van der Waals surface area contributed by atoms with E-state index in [9.17, 15) is 4.79 Å². The van der Waals surface area contributed by atoms with E-state index >= 15 is 0 Å². The first-order chi connectivity index (χ1) is 26.2. The van der Waals surface area contributed by atoms with Gasteiger partial charge in [-0.15, -0.1) is 0 Å². The maximum Gasteiger partial charge on any atom is 0.320 e. The Morgan fingerprint density at radius 1 is 0.852 bits per heavy atom. The van der Waals surface area contributed by atoms with E-state index < -0.39 is 8.07 Å². The number of ether oxygens (including phenoxy) is 3. The Labute approximate surface area is 321 Å². The lowest BCUT2D eigenvalue weighted by Gasteiger charge is -2.38. The van der Waals surface area contributed by atoms with Crippen LogP contribution in [0.25, 0.3) is 10.9 Å². The number of hydrogen-bond acceptors (Lipinski definition) is 11. The number of hydrogen-bond donors (Lipinski definition) is 0. The van der Waals surface area contributed by atoms with Crippen molar-refractivity contribution in [2.45, 2.75) is 78.2 Å². The van der Waals surface area contributed by atoms with Crippen LogP contribution in [0.4, 0.5) is 11.5 Å². The molecule has 54 heavy (non-hydrogen) atoms. The Balaban J connectivity index is 1.06. The molecular formula is C41H58N8O4Si. The van der Waals surface area contributed by atoms with E-state index in [1.807, 2.05) is 41.2 Å². The zero-order chi connectivity index (χ0) is 37.5. The molecule has 0 atom stereocenters. The number of anilines is 2. The summed E-state index contributed by atoms with van der Waals surface area (Å²) in [6.45, 7) is 19.4. The van der Waals surface area contributed by atoms with Crippen LogP contribution in [-0.4, -0.2) is 116 Å². The number of carbonyl (C=O) groups excluding carboxylic acids is 1. The van der Waals surface area contributed by atoms with Crippen LogP contribution in [0.5, 0.6) is 6.01 Å². The summed E-state index contributed by atoms with van der Waals surface area (Å²) in [6.07, 6.45) is 6.64. The number of aryl methyl sites for hydroxylation is 1. The van der Waals surface area contributed by atoms with Crippen LogP contribution in [0.15, 0.2) is 48.7 Å². The minimum atomic E-state index is -1.16. The fourth-order valence-corrected chi connectivity index (χ4v) is 8.50. The van der Waals surface area contributed by atoms with E-state index in [1.54, 1.807) is 0 Å². The quantitative estimate of drug-likeness (QED) is 0.0844. The molecule has 0 aliphatic carbocycles.